The monoisotopic (exact) mass is 333 g/mol. The lowest BCUT2D eigenvalue weighted by atomic mass is 10.1. The van der Waals surface area contributed by atoms with Crippen LogP contribution in [-0.4, -0.2) is 26.9 Å². The lowest BCUT2D eigenvalue weighted by molar-refractivity contribution is 0.0526. The topological polar surface area (TPSA) is 76.5 Å². The summed E-state index contributed by atoms with van der Waals surface area (Å²) in [6.07, 6.45) is 1.56. The average molecular weight is 333 g/mol. The fourth-order valence-corrected chi connectivity index (χ4v) is 2.91. The van der Waals surface area contributed by atoms with Gasteiger partial charge in [0.15, 0.2) is 0 Å². The highest BCUT2D eigenvalue weighted by molar-refractivity contribution is 5.94. The van der Waals surface area contributed by atoms with Crippen molar-refractivity contribution in [1.82, 2.24) is 14.4 Å². The number of nitrogens with zero attached hydrogens (tertiary/aromatic N) is 2. The Morgan fingerprint density at radius 3 is 2.72 bits per heavy atom. The molecule has 0 saturated carbocycles. The Morgan fingerprint density at radius 1 is 1.16 bits per heavy atom. The van der Waals surface area contributed by atoms with E-state index in [1.807, 2.05) is 30.3 Å². The number of imidazole rings is 1. The Labute approximate surface area is 142 Å². The van der Waals surface area contributed by atoms with Crippen LogP contribution in [0.1, 0.15) is 17.3 Å². The van der Waals surface area contributed by atoms with Crippen molar-refractivity contribution >= 4 is 22.5 Å². The number of aromatic nitrogens is 3. The van der Waals surface area contributed by atoms with Gasteiger partial charge in [-0.05, 0) is 25.1 Å². The molecule has 0 bridgehead atoms. The van der Waals surface area contributed by atoms with E-state index < -0.39 is 5.97 Å². The van der Waals surface area contributed by atoms with Gasteiger partial charge in [0.25, 0.3) is 5.56 Å². The van der Waals surface area contributed by atoms with Crippen LogP contribution >= 0.6 is 0 Å². The molecule has 0 radical (unpaired) electrons. The van der Waals surface area contributed by atoms with Crippen LogP contribution in [0.15, 0.2) is 59.5 Å². The SMILES string of the molecule is CCOC(=O)c1ccc2c(c1)[nH]c(=O)c1cnc(-c3ccccc3)n12. The summed E-state index contributed by atoms with van der Waals surface area (Å²) in [4.78, 5) is 31.6. The van der Waals surface area contributed by atoms with E-state index in [2.05, 4.69) is 9.97 Å². The molecule has 6 heteroatoms. The second-order valence-electron chi connectivity index (χ2n) is 5.58. The maximum Gasteiger partial charge on any atom is 0.338 e. The number of esters is 1. The molecule has 0 aliphatic carbocycles. The van der Waals surface area contributed by atoms with Crippen molar-refractivity contribution in [3.05, 3.63) is 70.6 Å². The van der Waals surface area contributed by atoms with Gasteiger partial charge in [0.1, 0.15) is 11.3 Å². The Morgan fingerprint density at radius 2 is 1.96 bits per heavy atom. The Hall–Kier alpha value is -3.41. The van der Waals surface area contributed by atoms with Gasteiger partial charge in [-0.2, -0.15) is 0 Å². The van der Waals surface area contributed by atoms with E-state index in [0.29, 0.717) is 29.0 Å². The summed E-state index contributed by atoms with van der Waals surface area (Å²) in [5, 5.41) is 0. The molecule has 4 rings (SSSR count). The van der Waals surface area contributed by atoms with E-state index in [4.69, 9.17) is 4.74 Å². The number of hydrogen-bond donors (Lipinski definition) is 1. The molecule has 25 heavy (non-hydrogen) atoms. The molecular weight excluding hydrogens is 318 g/mol. The van der Waals surface area contributed by atoms with Crippen LogP contribution < -0.4 is 5.56 Å². The van der Waals surface area contributed by atoms with Crippen LogP contribution in [0.4, 0.5) is 0 Å². The van der Waals surface area contributed by atoms with Crippen molar-refractivity contribution in [3.63, 3.8) is 0 Å². The van der Waals surface area contributed by atoms with Crippen LogP contribution in [-0.2, 0) is 4.74 Å². The zero-order valence-electron chi connectivity index (χ0n) is 13.5. The minimum atomic E-state index is -0.417. The molecule has 2 aromatic carbocycles. The largest absolute Gasteiger partial charge is 0.462 e. The Balaban J connectivity index is 2.01. The minimum Gasteiger partial charge on any atom is -0.462 e. The number of nitrogens with one attached hydrogen (secondary N) is 1. The van der Waals surface area contributed by atoms with Gasteiger partial charge in [0, 0.05) is 5.56 Å². The van der Waals surface area contributed by atoms with Crippen LogP contribution in [0.3, 0.4) is 0 Å². The molecule has 0 aliphatic rings. The number of aromatic amines is 1. The molecule has 4 aromatic rings. The standard InChI is InChI=1S/C19H15N3O3/c1-2-25-19(24)13-8-9-15-14(10-13)21-18(23)16-11-20-17(22(15)16)12-6-4-3-5-7-12/h3-11H,2H2,1H3,(H,21,23). The second kappa shape index (κ2) is 5.90. The van der Waals surface area contributed by atoms with Crippen molar-refractivity contribution in [3.8, 4) is 11.4 Å². The van der Waals surface area contributed by atoms with Crippen molar-refractivity contribution in [1.29, 1.82) is 0 Å². The molecule has 0 atom stereocenters. The predicted octanol–water partition coefficient (Wildman–Crippen LogP) is 3.02. The number of ether oxygens (including phenoxy) is 1. The molecule has 6 nitrogen and oxygen atoms in total. The van der Waals surface area contributed by atoms with Crippen LogP contribution in [0.2, 0.25) is 0 Å². The van der Waals surface area contributed by atoms with Crippen molar-refractivity contribution < 1.29 is 9.53 Å². The van der Waals surface area contributed by atoms with Crippen LogP contribution in [0.5, 0.6) is 0 Å². The molecule has 0 fully saturated rings. The first-order valence-electron chi connectivity index (χ1n) is 7.95. The van der Waals surface area contributed by atoms with Crippen LogP contribution in [0.25, 0.3) is 27.9 Å². The van der Waals surface area contributed by atoms with Gasteiger partial charge in [-0.3, -0.25) is 9.20 Å². The summed E-state index contributed by atoms with van der Waals surface area (Å²) in [7, 11) is 0. The van der Waals surface area contributed by atoms with E-state index in [0.717, 1.165) is 11.1 Å². The van der Waals surface area contributed by atoms with Gasteiger partial charge in [-0.1, -0.05) is 30.3 Å². The highest BCUT2D eigenvalue weighted by Crippen LogP contribution is 2.23. The first-order valence-corrected chi connectivity index (χ1v) is 7.95. The summed E-state index contributed by atoms with van der Waals surface area (Å²) in [6, 6.07) is 14.8. The summed E-state index contributed by atoms with van der Waals surface area (Å²) >= 11 is 0. The van der Waals surface area contributed by atoms with E-state index in [-0.39, 0.29) is 5.56 Å². The second-order valence-corrected chi connectivity index (χ2v) is 5.58. The smallest absolute Gasteiger partial charge is 0.338 e. The maximum absolute atomic E-state index is 12.4. The Bertz CT molecular complexity index is 1140. The third kappa shape index (κ3) is 2.48. The molecule has 0 unspecified atom stereocenters. The van der Waals surface area contributed by atoms with Crippen molar-refractivity contribution in [2.24, 2.45) is 0 Å². The molecule has 2 aromatic heterocycles. The summed E-state index contributed by atoms with van der Waals surface area (Å²) in [6.45, 7) is 2.05. The van der Waals surface area contributed by atoms with Crippen molar-refractivity contribution in [2.75, 3.05) is 6.61 Å². The summed E-state index contributed by atoms with van der Waals surface area (Å²) in [5.41, 5.74) is 2.81. The molecule has 0 aliphatic heterocycles. The highest BCUT2D eigenvalue weighted by Gasteiger charge is 2.14. The molecule has 0 spiro atoms. The molecule has 0 saturated heterocycles. The fourth-order valence-electron chi connectivity index (χ4n) is 2.91. The van der Waals surface area contributed by atoms with Gasteiger partial charge in [-0.15, -0.1) is 0 Å². The van der Waals surface area contributed by atoms with E-state index in [9.17, 15) is 9.59 Å². The zero-order valence-corrected chi connectivity index (χ0v) is 13.5. The first kappa shape index (κ1) is 15.1. The number of fused-ring (bicyclic) bond motifs is 3. The summed E-state index contributed by atoms with van der Waals surface area (Å²) in [5.74, 6) is 0.259. The molecule has 124 valence electrons. The third-order valence-corrected chi connectivity index (χ3v) is 4.02. The van der Waals surface area contributed by atoms with Gasteiger partial charge < -0.3 is 9.72 Å². The molecule has 1 N–H and O–H groups in total. The summed E-state index contributed by atoms with van der Waals surface area (Å²) < 4.78 is 6.83. The first-order chi connectivity index (χ1) is 12.2. The average Bonchev–Trinajstić information content (AvgIpc) is 3.08. The zero-order chi connectivity index (χ0) is 17.4. The van der Waals surface area contributed by atoms with E-state index in [1.165, 1.54) is 0 Å². The van der Waals surface area contributed by atoms with Gasteiger partial charge in [0.2, 0.25) is 0 Å². The van der Waals surface area contributed by atoms with Crippen molar-refractivity contribution in [2.45, 2.75) is 6.92 Å². The number of H-pyrrole nitrogens is 1. The van der Waals surface area contributed by atoms with Crippen LogP contribution in [0, 0.1) is 0 Å². The van der Waals surface area contributed by atoms with Gasteiger partial charge in [-0.25, -0.2) is 9.78 Å². The molecular formula is C19H15N3O3. The molecule has 2 heterocycles. The Kier molecular flexibility index (Phi) is 3.57. The lowest BCUT2D eigenvalue weighted by Gasteiger charge is -2.08. The third-order valence-electron chi connectivity index (χ3n) is 4.02. The van der Waals surface area contributed by atoms with E-state index >= 15 is 0 Å². The molecule has 0 amide bonds. The number of rotatable bonds is 3. The fraction of sp³-hybridized carbons (Fsp3) is 0.105. The normalized spacial score (nSPS) is 11.1. The van der Waals surface area contributed by atoms with E-state index in [1.54, 1.807) is 35.7 Å². The quantitative estimate of drug-likeness (QED) is 0.585. The number of carbonyl (C=O) groups excluding carboxylic acids is 1. The predicted molar refractivity (Wildman–Crippen MR) is 94.7 cm³/mol. The minimum absolute atomic E-state index is 0.261. The van der Waals surface area contributed by atoms with Gasteiger partial charge >= 0.3 is 5.97 Å². The maximum atomic E-state index is 12.4. The number of benzene rings is 2. The number of carbonyl (C=O) groups is 1. The lowest BCUT2D eigenvalue weighted by Crippen LogP contribution is -2.11. The van der Waals surface area contributed by atoms with Gasteiger partial charge in [0.05, 0.1) is 29.4 Å². The number of hydrogen-bond acceptors (Lipinski definition) is 4. The highest BCUT2D eigenvalue weighted by atomic mass is 16.5.